The molecular weight excluding hydrogens is 575 g/mol. The van der Waals surface area contributed by atoms with Crippen LogP contribution in [0, 0.1) is 0 Å². The van der Waals surface area contributed by atoms with Crippen LogP contribution in [0.25, 0.3) is 0 Å². The molecule has 0 heterocycles. The van der Waals surface area contributed by atoms with Gasteiger partial charge >= 0.3 is 7.25 Å². The first-order chi connectivity index (χ1) is 19.2. The van der Waals surface area contributed by atoms with Gasteiger partial charge in [-0.15, -0.1) is 0 Å². The molecular formula is C31H22BClF4OS2. The fraction of sp³-hybridized carbons (Fsp3) is 0. The SMILES string of the molecule is F[B-](F)(F)F.O=C(c1ccccc1)c1ccc(Sc2ccc([S+](c3ccccc3)c3ccccc3)cc2)c(Cl)c1. The molecule has 0 saturated heterocycles. The summed E-state index contributed by atoms with van der Waals surface area (Å²) < 4.78 is 39.0. The first kappa shape index (κ1) is 29.5. The smallest absolute Gasteiger partial charge is 0.418 e. The van der Waals surface area contributed by atoms with Gasteiger partial charge in [0.25, 0.3) is 0 Å². The maximum Gasteiger partial charge on any atom is 0.673 e. The number of carbonyl (C=O) groups excluding carboxylic acids is 1. The Morgan fingerprint density at radius 2 is 1.05 bits per heavy atom. The van der Waals surface area contributed by atoms with Crippen LogP contribution in [0.4, 0.5) is 17.3 Å². The number of benzene rings is 5. The second-order valence-electron chi connectivity index (χ2n) is 8.34. The summed E-state index contributed by atoms with van der Waals surface area (Å²) >= 11 is 8.18. The average molecular weight is 597 g/mol. The summed E-state index contributed by atoms with van der Waals surface area (Å²) in [4.78, 5) is 18.6. The number of hydrogen-bond acceptors (Lipinski definition) is 2. The number of hydrogen-bond donors (Lipinski definition) is 0. The quantitative estimate of drug-likeness (QED) is 0.0805. The van der Waals surface area contributed by atoms with Crippen LogP contribution in [-0.2, 0) is 10.9 Å². The highest BCUT2D eigenvalue weighted by Crippen LogP contribution is 2.36. The van der Waals surface area contributed by atoms with Crippen LogP contribution in [0.3, 0.4) is 0 Å². The molecule has 0 bridgehead atoms. The Balaban J connectivity index is 0.000000681. The van der Waals surface area contributed by atoms with E-state index in [-0.39, 0.29) is 16.7 Å². The van der Waals surface area contributed by atoms with Gasteiger partial charge in [0.2, 0.25) is 0 Å². The van der Waals surface area contributed by atoms with E-state index in [1.165, 1.54) is 14.7 Å². The Kier molecular flexibility index (Phi) is 10.1. The van der Waals surface area contributed by atoms with E-state index < -0.39 is 7.25 Å². The van der Waals surface area contributed by atoms with E-state index in [1.807, 2.05) is 42.5 Å². The van der Waals surface area contributed by atoms with Gasteiger partial charge in [-0.1, -0.05) is 90.1 Å². The number of halogens is 5. The lowest BCUT2D eigenvalue weighted by atomic mass is 10.0. The highest BCUT2D eigenvalue weighted by molar-refractivity contribution is 7.99. The Hall–Kier alpha value is -3.46. The molecule has 0 unspecified atom stereocenters. The molecule has 1 nitrogen and oxygen atoms in total. The predicted octanol–water partition coefficient (Wildman–Crippen LogP) is 10.1. The van der Waals surface area contributed by atoms with E-state index in [4.69, 9.17) is 11.6 Å². The number of ketones is 1. The monoisotopic (exact) mass is 596 g/mol. The van der Waals surface area contributed by atoms with Crippen LogP contribution in [0.5, 0.6) is 0 Å². The zero-order valence-corrected chi connectivity index (χ0v) is 23.3. The molecule has 202 valence electrons. The van der Waals surface area contributed by atoms with Crippen LogP contribution in [0.2, 0.25) is 5.02 Å². The minimum atomic E-state index is -6.00. The van der Waals surface area contributed by atoms with Crippen molar-refractivity contribution in [1.29, 1.82) is 0 Å². The van der Waals surface area contributed by atoms with Crippen LogP contribution < -0.4 is 0 Å². The lowest BCUT2D eigenvalue weighted by Crippen LogP contribution is -2.04. The summed E-state index contributed by atoms with van der Waals surface area (Å²) in [6.45, 7) is 0. The third-order valence-electron chi connectivity index (χ3n) is 5.48. The molecule has 9 heteroatoms. The Morgan fingerprint density at radius 3 is 1.52 bits per heavy atom. The molecule has 5 rings (SSSR count). The van der Waals surface area contributed by atoms with Crippen molar-refractivity contribution >= 4 is 47.3 Å². The minimum Gasteiger partial charge on any atom is -0.418 e. The van der Waals surface area contributed by atoms with Crippen molar-refractivity contribution in [2.24, 2.45) is 0 Å². The highest BCUT2D eigenvalue weighted by Gasteiger charge is 2.28. The van der Waals surface area contributed by atoms with Gasteiger partial charge in [0.05, 0.1) is 15.9 Å². The Labute approximate surface area is 242 Å². The molecule has 0 saturated carbocycles. The maximum absolute atomic E-state index is 12.7. The van der Waals surface area contributed by atoms with Gasteiger partial charge in [0.1, 0.15) is 0 Å². The van der Waals surface area contributed by atoms with Crippen molar-refractivity contribution in [2.45, 2.75) is 24.5 Å². The van der Waals surface area contributed by atoms with Crippen molar-refractivity contribution < 1.29 is 22.1 Å². The summed E-state index contributed by atoms with van der Waals surface area (Å²) in [6.07, 6.45) is 0. The van der Waals surface area contributed by atoms with Crippen LogP contribution in [0.15, 0.2) is 158 Å². The molecule has 0 fully saturated rings. The second kappa shape index (κ2) is 13.7. The largest absolute Gasteiger partial charge is 0.673 e. The van der Waals surface area contributed by atoms with E-state index in [1.54, 1.807) is 17.8 Å². The summed E-state index contributed by atoms with van der Waals surface area (Å²) in [5.74, 6) is -0.0257. The van der Waals surface area contributed by atoms with Crippen molar-refractivity contribution in [3.05, 3.63) is 150 Å². The number of carbonyl (C=O) groups is 1. The van der Waals surface area contributed by atoms with Gasteiger partial charge in [0.15, 0.2) is 20.5 Å². The van der Waals surface area contributed by atoms with E-state index in [2.05, 4.69) is 84.9 Å². The number of rotatable bonds is 7. The van der Waals surface area contributed by atoms with E-state index in [0.29, 0.717) is 16.1 Å². The molecule has 5 aromatic rings. The van der Waals surface area contributed by atoms with Crippen molar-refractivity contribution in [3.8, 4) is 0 Å². The molecule has 0 atom stereocenters. The summed E-state index contributed by atoms with van der Waals surface area (Å²) in [6, 6.07) is 44.7. The molecule has 0 aliphatic carbocycles. The topological polar surface area (TPSA) is 17.1 Å². The molecule has 0 N–H and O–H groups in total. The van der Waals surface area contributed by atoms with Gasteiger partial charge in [-0.05, 0) is 66.7 Å². The Morgan fingerprint density at radius 1 is 0.600 bits per heavy atom. The zero-order valence-electron chi connectivity index (χ0n) is 20.9. The first-order valence-electron chi connectivity index (χ1n) is 12.1. The maximum atomic E-state index is 12.7. The van der Waals surface area contributed by atoms with Crippen molar-refractivity contribution in [3.63, 3.8) is 0 Å². The van der Waals surface area contributed by atoms with Gasteiger partial charge in [-0.2, -0.15) is 0 Å². The van der Waals surface area contributed by atoms with Crippen molar-refractivity contribution in [1.82, 2.24) is 0 Å². The lowest BCUT2D eigenvalue weighted by Gasteiger charge is -2.10. The van der Waals surface area contributed by atoms with Crippen molar-refractivity contribution in [2.75, 3.05) is 0 Å². The van der Waals surface area contributed by atoms with Gasteiger partial charge in [0, 0.05) is 20.9 Å². The Bertz CT molecular complexity index is 1490. The third-order valence-corrected chi connectivity index (χ3v) is 9.21. The molecule has 0 aliphatic heterocycles. The lowest BCUT2D eigenvalue weighted by molar-refractivity contribution is 0.103. The molecule has 0 radical (unpaired) electrons. The fourth-order valence-corrected chi connectivity index (χ4v) is 6.97. The van der Waals surface area contributed by atoms with Crippen LogP contribution >= 0.6 is 23.4 Å². The molecule has 0 spiro atoms. The first-order valence-corrected chi connectivity index (χ1v) is 14.5. The standard InChI is InChI=1S/C31H22ClOS2.BF4/c32-29-22-24(31(33)23-10-4-1-5-11-23)16-21-30(29)34-25-17-19-28(20-18-25)35(26-12-6-2-7-13-26)27-14-8-3-9-15-27;2-1(3,4)5/h1-22H;/q+1;-1. The average Bonchev–Trinajstić information content (AvgIpc) is 2.95. The van der Waals surface area contributed by atoms with Crippen LogP contribution in [-0.4, -0.2) is 13.0 Å². The molecule has 40 heavy (non-hydrogen) atoms. The van der Waals surface area contributed by atoms with Gasteiger partial charge < -0.3 is 17.3 Å². The van der Waals surface area contributed by atoms with E-state index in [9.17, 15) is 22.1 Å². The second-order valence-corrected chi connectivity index (χ2v) is 11.9. The van der Waals surface area contributed by atoms with Gasteiger partial charge in [-0.3, -0.25) is 4.79 Å². The fourth-order valence-electron chi connectivity index (χ4n) is 3.77. The minimum absolute atomic E-state index is 0.0257. The van der Waals surface area contributed by atoms with E-state index in [0.717, 1.165) is 9.79 Å². The zero-order chi connectivity index (χ0) is 28.5. The van der Waals surface area contributed by atoms with Gasteiger partial charge in [-0.25, -0.2) is 0 Å². The molecule has 5 aromatic carbocycles. The predicted molar refractivity (Wildman–Crippen MR) is 157 cm³/mol. The highest BCUT2D eigenvalue weighted by atomic mass is 35.5. The summed E-state index contributed by atoms with van der Waals surface area (Å²) in [5, 5.41) is 0.578. The van der Waals surface area contributed by atoms with Crippen LogP contribution in [0.1, 0.15) is 15.9 Å². The molecule has 0 aliphatic rings. The summed E-state index contributed by atoms with van der Waals surface area (Å²) in [5.41, 5.74) is 1.25. The summed E-state index contributed by atoms with van der Waals surface area (Å²) in [7, 11) is -6.17. The molecule has 0 aromatic heterocycles. The normalized spacial score (nSPS) is 11.1. The molecule has 0 amide bonds. The third kappa shape index (κ3) is 8.52. The van der Waals surface area contributed by atoms with E-state index >= 15 is 0 Å².